The van der Waals surface area contributed by atoms with Crippen LogP contribution in [0.5, 0.6) is 0 Å². The van der Waals surface area contributed by atoms with Gasteiger partial charge in [0.15, 0.2) is 11.6 Å². The van der Waals surface area contributed by atoms with Crippen LogP contribution >= 0.6 is 0 Å². The van der Waals surface area contributed by atoms with E-state index in [1.54, 1.807) is 0 Å². The largest absolute Gasteiger partial charge is 0.380 e. The maximum atomic E-state index is 11.2. The lowest BCUT2D eigenvalue weighted by atomic mass is 10.1. The van der Waals surface area contributed by atoms with Crippen LogP contribution in [0.1, 0.15) is 27.7 Å². The van der Waals surface area contributed by atoms with Gasteiger partial charge in [-0.2, -0.15) is 0 Å². The molecule has 0 amide bonds. The van der Waals surface area contributed by atoms with E-state index < -0.39 is 11.6 Å². The molecule has 0 atom stereocenters. The Bertz CT molecular complexity index is 356. The summed E-state index contributed by atoms with van der Waals surface area (Å²) in [5.74, 6) is -0.916. The zero-order valence-electron chi connectivity index (χ0n) is 15.8. The summed E-state index contributed by atoms with van der Waals surface area (Å²) in [5, 5.41) is 0. The van der Waals surface area contributed by atoms with Crippen LogP contribution in [0.4, 0.5) is 0 Å². The second-order valence-electron chi connectivity index (χ2n) is 7.75. The summed E-state index contributed by atoms with van der Waals surface area (Å²) in [7, 11) is 0. The van der Waals surface area contributed by atoms with E-state index >= 15 is 0 Å². The highest BCUT2D eigenvalue weighted by molar-refractivity contribution is 5.53. The third-order valence-electron chi connectivity index (χ3n) is 4.23. The summed E-state index contributed by atoms with van der Waals surface area (Å²) in [6, 6.07) is 0. The molecule has 0 aromatic heterocycles. The number of carbonyl (C=O) groups is 1. The fraction of sp³-hybridized carbons (Fsp3) is 0.944. The Balaban J connectivity index is 1.54. The van der Waals surface area contributed by atoms with Crippen LogP contribution in [-0.2, 0) is 33.2 Å². The van der Waals surface area contributed by atoms with Gasteiger partial charge < -0.3 is 33.2 Å². The monoisotopic (exact) mass is 360 g/mol. The summed E-state index contributed by atoms with van der Waals surface area (Å²) in [4.78, 5) is 11.2. The van der Waals surface area contributed by atoms with Crippen molar-refractivity contribution in [1.82, 2.24) is 0 Å². The smallest absolute Gasteiger partial charge is 0.162 e. The zero-order chi connectivity index (χ0) is 18.3. The van der Waals surface area contributed by atoms with Crippen molar-refractivity contribution in [1.29, 1.82) is 0 Å². The van der Waals surface area contributed by atoms with Crippen molar-refractivity contribution >= 4 is 6.29 Å². The Labute approximate surface area is 150 Å². The van der Waals surface area contributed by atoms with Crippen LogP contribution in [-0.4, -0.2) is 70.7 Å². The average molecular weight is 360 g/mol. The minimum absolute atomic E-state index is 0.195. The molecule has 2 aliphatic rings. The first-order valence-electron chi connectivity index (χ1n) is 8.96. The minimum Gasteiger partial charge on any atom is -0.380 e. The molecule has 0 bridgehead atoms. The molecule has 2 saturated heterocycles. The van der Waals surface area contributed by atoms with Gasteiger partial charge in [-0.15, -0.1) is 0 Å². The van der Waals surface area contributed by atoms with E-state index in [9.17, 15) is 4.79 Å². The van der Waals surface area contributed by atoms with Crippen molar-refractivity contribution in [2.45, 2.75) is 39.3 Å². The van der Waals surface area contributed by atoms with Gasteiger partial charge in [0.1, 0.15) is 6.29 Å². The Morgan fingerprint density at radius 3 is 1.52 bits per heavy atom. The molecule has 7 nitrogen and oxygen atoms in total. The maximum absolute atomic E-state index is 11.2. The summed E-state index contributed by atoms with van der Waals surface area (Å²) in [6.07, 6.45) is 0.883. The summed E-state index contributed by atoms with van der Waals surface area (Å²) in [5.41, 5.74) is 0. The highest BCUT2D eigenvalue weighted by Gasteiger charge is 2.29. The molecule has 0 spiro atoms. The van der Waals surface area contributed by atoms with Gasteiger partial charge >= 0.3 is 0 Å². The molecule has 0 radical (unpaired) electrons. The number of aldehydes is 1. The van der Waals surface area contributed by atoms with Gasteiger partial charge in [-0.3, -0.25) is 0 Å². The quantitative estimate of drug-likeness (QED) is 0.579. The molecule has 0 saturated carbocycles. The summed E-state index contributed by atoms with van der Waals surface area (Å²) >= 11 is 0. The van der Waals surface area contributed by atoms with Gasteiger partial charge in [-0.1, -0.05) is 0 Å². The van der Waals surface area contributed by atoms with Crippen LogP contribution < -0.4 is 0 Å². The zero-order valence-corrected chi connectivity index (χ0v) is 15.8. The van der Waals surface area contributed by atoms with Crippen molar-refractivity contribution in [2.24, 2.45) is 17.8 Å². The molecular formula is C18H32O7. The molecule has 2 rings (SSSR count). The molecule has 0 N–H and O–H groups in total. The second-order valence-corrected chi connectivity index (χ2v) is 7.75. The predicted octanol–water partition coefficient (Wildman–Crippen LogP) is 1.63. The Morgan fingerprint density at radius 1 is 0.840 bits per heavy atom. The molecular weight excluding hydrogens is 328 g/mol. The molecule has 2 fully saturated rings. The van der Waals surface area contributed by atoms with Crippen LogP contribution in [0.25, 0.3) is 0 Å². The van der Waals surface area contributed by atoms with Crippen molar-refractivity contribution in [3.05, 3.63) is 0 Å². The highest BCUT2D eigenvalue weighted by atomic mass is 16.7. The summed E-state index contributed by atoms with van der Waals surface area (Å²) < 4.78 is 33.6. The van der Waals surface area contributed by atoms with Crippen molar-refractivity contribution in [3.63, 3.8) is 0 Å². The number of carbonyl (C=O) groups excluding carboxylic acids is 1. The Morgan fingerprint density at radius 2 is 1.20 bits per heavy atom. The molecule has 0 aromatic carbocycles. The van der Waals surface area contributed by atoms with Crippen molar-refractivity contribution < 1.29 is 33.2 Å². The molecule has 2 heterocycles. The van der Waals surface area contributed by atoms with Gasteiger partial charge in [0.2, 0.25) is 0 Å². The lowest BCUT2D eigenvalue weighted by Gasteiger charge is -2.35. The average Bonchev–Trinajstić information content (AvgIpc) is 2.56. The van der Waals surface area contributed by atoms with Gasteiger partial charge in [0, 0.05) is 11.8 Å². The fourth-order valence-corrected chi connectivity index (χ4v) is 2.55. The van der Waals surface area contributed by atoms with Gasteiger partial charge in [-0.25, -0.2) is 0 Å². The molecule has 0 aromatic rings. The van der Waals surface area contributed by atoms with E-state index in [1.807, 2.05) is 27.7 Å². The van der Waals surface area contributed by atoms with E-state index in [2.05, 4.69) is 0 Å². The van der Waals surface area contributed by atoms with E-state index in [0.29, 0.717) is 52.9 Å². The molecule has 25 heavy (non-hydrogen) atoms. The third-order valence-corrected chi connectivity index (χ3v) is 4.23. The highest BCUT2D eigenvalue weighted by Crippen LogP contribution is 2.21. The van der Waals surface area contributed by atoms with E-state index in [1.165, 1.54) is 0 Å². The first-order valence-corrected chi connectivity index (χ1v) is 8.96. The van der Waals surface area contributed by atoms with Crippen LogP contribution in [0.15, 0.2) is 0 Å². The second kappa shape index (κ2) is 9.39. The number of ether oxygens (including phenoxy) is 6. The minimum atomic E-state index is -0.516. The van der Waals surface area contributed by atoms with Crippen LogP contribution in [0.3, 0.4) is 0 Å². The maximum Gasteiger partial charge on any atom is 0.162 e. The normalized spacial score (nSPS) is 24.5. The molecule has 2 aliphatic heterocycles. The van der Waals surface area contributed by atoms with Crippen molar-refractivity contribution in [2.75, 3.05) is 52.9 Å². The standard InChI is InChI=1S/C18H32O7/c1-17(2)22-10-15(11-23-17)8-20-6-14(5-19)7-21-9-16-12-24-18(3,4)25-13-16/h5,14-16H,6-13H2,1-4H3. The molecule has 146 valence electrons. The van der Waals surface area contributed by atoms with E-state index in [-0.39, 0.29) is 17.8 Å². The fourth-order valence-electron chi connectivity index (χ4n) is 2.55. The molecule has 0 unspecified atom stereocenters. The van der Waals surface area contributed by atoms with Gasteiger partial charge in [-0.05, 0) is 27.7 Å². The summed E-state index contributed by atoms with van der Waals surface area (Å²) in [6.45, 7) is 11.7. The number of rotatable bonds is 9. The lowest BCUT2D eigenvalue weighted by molar-refractivity contribution is -0.267. The number of hydrogen-bond donors (Lipinski definition) is 0. The van der Waals surface area contributed by atoms with Crippen LogP contribution in [0.2, 0.25) is 0 Å². The Kier molecular flexibility index (Phi) is 7.79. The topological polar surface area (TPSA) is 72.5 Å². The van der Waals surface area contributed by atoms with E-state index in [4.69, 9.17) is 28.4 Å². The first kappa shape index (κ1) is 20.7. The third kappa shape index (κ3) is 7.68. The molecule has 0 aliphatic carbocycles. The SMILES string of the molecule is CC1(C)OCC(COCC(C=O)COCC2COC(C)(C)OC2)CO1. The van der Waals surface area contributed by atoms with Gasteiger partial charge in [0.25, 0.3) is 0 Å². The first-order chi connectivity index (χ1) is 11.8. The van der Waals surface area contributed by atoms with Crippen LogP contribution in [0, 0.1) is 17.8 Å². The van der Waals surface area contributed by atoms with Gasteiger partial charge in [0.05, 0.1) is 58.8 Å². The lowest BCUT2D eigenvalue weighted by Crippen LogP contribution is -2.41. The molecule has 7 heteroatoms. The van der Waals surface area contributed by atoms with E-state index in [0.717, 1.165) is 6.29 Å². The predicted molar refractivity (Wildman–Crippen MR) is 90.1 cm³/mol. The number of hydrogen-bond acceptors (Lipinski definition) is 7. The Hall–Kier alpha value is -0.570. The van der Waals surface area contributed by atoms with Crippen molar-refractivity contribution in [3.8, 4) is 0 Å².